The van der Waals surface area contributed by atoms with Crippen LogP contribution >= 0.6 is 0 Å². The highest BCUT2D eigenvalue weighted by molar-refractivity contribution is 6.32. The normalized spacial score (nSPS) is 14.8. The predicted octanol–water partition coefficient (Wildman–Crippen LogP) is 3.30. The van der Waals surface area contributed by atoms with Crippen LogP contribution in [0.1, 0.15) is 46.1 Å². The summed E-state index contributed by atoms with van der Waals surface area (Å²) in [6, 6.07) is 5.48. The molecule has 184 valence electrons. The summed E-state index contributed by atoms with van der Waals surface area (Å²) in [6.07, 6.45) is 3.84. The van der Waals surface area contributed by atoms with Gasteiger partial charge in [0.2, 0.25) is 5.95 Å². The van der Waals surface area contributed by atoms with Gasteiger partial charge in [-0.1, -0.05) is 6.92 Å². The zero-order valence-electron chi connectivity index (χ0n) is 21.2. The van der Waals surface area contributed by atoms with Crippen LogP contribution in [0.3, 0.4) is 0 Å². The number of hydrogen-bond acceptors (Lipinski definition) is 8. The van der Waals surface area contributed by atoms with Crippen molar-refractivity contribution in [1.82, 2.24) is 19.5 Å². The lowest BCUT2D eigenvalue weighted by Crippen LogP contribution is -2.38. The van der Waals surface area contributed by atoms with Gasteiger partial charge < -0.3 is 19.7 Å². The molecule has 35 heavy (non-hydrogen) atoms. The van der Waals surface area contributed by atoms with Crippen LogP contribution in [0.2, 0.25) is 0 Å². The van der Waals surface area contributed by atoms with Crippen molar-refractivity contribution in [2.75, 3.05) is 37.0 Å². The SMILES string of the molecule is [B]c1ncnc(N2CCC(CNc3nc4ccc(OC)cc4n3C(=O)OC(C)(C)C)CC2)c1CC. The average molecular weight is 476 g/mol. The van der Waals surface area contributed by atoms with E-state index in [1.165, 1.54) is 10.9 Å². The maximum absolute atomic E-state index is 13.1. The van der Waals surface area contributed by atoms with Crippen LogP contribution in [0.4, 0.5) is 16.6 Å². The number of fused-ring (bicyclic) bond motifs is 1. The molecule has 1 aliphatic heterocycles. The second-order valence-electron chi connectivity index (χ2n) is 9.83. The van der Waals surface area contributed by atoms with E-state index in [0.717, 1.165) is 43.7 Å². The summed E-state index contributed by atoms with van der Waals surface area (Å²) in [6.45, 7) is 10.1. The van der Waals surface area contributed by atoms with Gasteiger partial charge in [-0.25, -0.2) is 19.3 Å². The smallest absolute Gasteiger partial charge is 0.421 e. The molecule has 1 fully saturated rings. The van der Waals surface area contributed by atoms with Gasteiger partial charge >= 0.3 is 6.09 Å². The van der Waals surface area contributed by atoms with Gasteiger partial charge in [0.1, 0.15) is 31.3 Å². The van der Waals surface area contributed by atoms with Gasteiger partial charge in [0.05, 0.1) is 18.1 Å². The highest BCUT2D eigenvalue weighted by Crippen LogP contribution is 2.28. The Bertz CT molecular complexity index is 1200. The fourth-order valence-corrected chi connectivity index (χ4v) is 4.41. The van der Waals surface area contributed by atoms with Crippen molar-refractivity contribution < 1.29 is 14.3 Å². The van der Waals surface area contributed by atoms with E-state index in [9.17, 15) is 4.79 Å². The van der Waals surface area contributed by atoms with Gasteiger partial charge in [0.15, 0.2) is 0 Å². The van der Waals surface area contributed by atoms with Crippen molar-refractivity contribution >= 4 is 42.3 Å². The van der Waals surface area contributed by atoms with E-state index < -0.39 is 11.7 Å². The molecular weight excluding hydrogens is 443 g/mol. The third-order valence-electron chi connectivity index (χ3n) is 6.21. The van der Waals surface area contributed by atoms with Crippen LogP contribution in [-0.2, 0) is 11.2 Å². The number of nitrogens with zero attached hydrogens (tertiary/aromatic N) is 5. The van der Waals surface area contributed by atoms with Crippen LogP contribution in [0.15, 0.2) is 24.5 Å². The maximum Gasteiger partial charge on any atom is 0.421 e. The number of imidazole rings is 1. The van der Waals surface area contributed by atoms with Gasteiger partial charge in [-0.2, -0.15) is 0 Å². The minimum absolute atomic E-state index is 0.428. The fourth-order valence-electron chi connectivity index (χ4n) is 4.41. The molecule has 2 aromatic heterocycles. The van der Waals surface area contributed by atoms with E-state index in [4.69, 9.17) is 17.3 Å². The number of nitrogens with one attached hydrogen (secondary N) is 1. The summed E-state index contributed by atoms with van der Waals surface area (Å²) in [5.74, 6) is 2.49. The molecule has 10 heteroatoms. The molecule has 9 nitrogen and oxygen atoms in total. The van der Waals surface area contributed by atoms with E-state index in [1.54, 1.807) is 13.2 Å². The number of rotatable bonds is 6. The van der Waals surface area contributed by atoms with Gasteiger partial charge in [0.25, 0.3) is 0 Å². The lowest BCUT2D eigenvalue weighted by molar-refractivity contribution is 0.0547. The zero-order valence-corrected chi connectivity index (χ0v) is 21.2. The maximum atomic E-state index is 13.1. The fraction of sp³-hybridized carbons (Fsp3) is 0.520. The summed E-state index contributed by atoms with van der Waals surface area (Å²) in [5.41, 5.74) is 2.27. The van der Waals surface area contributed by atoms with Gasteiger partial charge in [-0.05, 0) is 63.7 Å². The Hall–Kier alpha value is -3.30. The van der Waals surface area contributed by atoms with E-state index in [2.05, 4.69) is 32.1 Å². The van der Waals surface area contributed by atoms with Crippen LogP contribution in [0.25, 0.3) is 11.0 Å². The Morgan fingerprint density at radius 3 is 2.63 bits per heavy atom. The monoisotopic (exact) mass is 476 g/mol. The lowest BCUT2D eigenvalue weighted by atomic mass is 9.93. The molecule has 3 aromatic rings. The highest BCUT2D eigenvalue weighted by atomic mass is 16.6. The number of piperidine rings is 1. The first-order valence-corrected chi connectivity index (χ1v) is 12.1. The molecule has 0 atom stereocenters. The van der Waals surface area contributed by atoms with Crippen LogP contribution < -0.4 is 20.5 Å². The van der Waals surface area contributed by atoms with E-state index in [0.29, 0.717) is 40.8 Å². The lowest BCUT2D eigenvalue weighted by Gasteiger charge is -2.34. The summed E-state index contributed by atoms with van der Waals surface area (Å²) >= 11 is 0. The Morgan fingerprint density at radius 2 is 1.97 bits per heavy atom. The number of anilines is 2. The molecule has 0 amide bonds. The van der Waals surface area contributed by atoms with Crippen molar-refractivity contribution in [3.63, 3.8) is 0 Å². The molecule has 4 rings (SSSR count). The molecule has 0 spiro atoms. The highest BCUT2D eigenvalue weighted by Gasteiger charge is 2.26. The zero-order chi connectivity index (χ0) is 25.2. The Kier molecular flexibility index (Phi) is 7.19. The summed E-state index contributed by atoms with van der Waals surface area (Å²) in [4.78, 5) is 28.7. The minimum Gasteiger partial charge on any atom is -0.497 e. The molecular formula is C25H33BN6O3. The summed E-state index contributed by atoms with van der Waals surface area (Å²) in [5, 5.41) is 3.41. The van der Waals surface area contributed by atoms with E-state index in [1.807, 2.05) is 32.9 Å². The van der Waals surface area contributed by atoms with E-state index in [-0.39, 0.29) is 0 Å². The Morgan fingerprint density at radius 1 is 1.23 bits per heavy atom. The van der Waals surface area contributed by atoms with Crippen molar-refractivity contribution in [3.8, 4) is 5.75 Å². The largest absolute Gasteiger partial charge is 0.497 e. The van der Waals surface area contributed by atoms with Crippen molar-refractivity contribution in [2.24, 2.45) is 5.92 Å². The number of methoxy groups -OCH3 is 1. The summed E-state index contributed by atoms with van der Waals surface area (Å²) < 4.78 is 12.5. The third kappa shape index (κ3) is 5.52. The number of ether oxygens (including phenoxy) is 2. The van der Waals surface area contributed by atoms with Crippen molar-refractivity contribution in [3.05, 3.63) is 30.1 Å². The standard InChI is InChI=1S/C25H33BN6O3/c1-6-18-21(26)28-15-29-22(18)31-11-9-16(10-12-31)14-27-23-30-19-8-7-17(34-5)13-20(19)32(23)24(33)35-25(2,3)4/h7-8,13,15-16H,6,9-12,14H2,1-5H3,(H,27,30). The van der Waals surface area contributed by atoms with Crippen molar-refractivity contribution in [2.45, 2.75) is 52.6 Å². The first-order chi connectivity index (χ1) is 16.7. The van der Waals surface area contributed by atoms with Gasteiger partial charge in [-0.3, -0.25) is 4.98 Å². The molecule has 1 aromatic carbocycles. The van der Waals surface area contributed by atoms with E-state index >= 15 is 0 Å². The molecule has 1 aliphatic rings. The number of aromatic nitrogens is 4. The number of hydrogen-bond donors (Lipinski definition) is 1. The minimum atomic E-state index is -0.627. The first kappa shape index (κ1) is 24.8. The molecule has 0 saturated carbocycles. The first-order valence-electron chi connectivity index (χ1n) is 12.1. The average Bonchev–Trinajstić information content (AvgIpc) is 3.19. The molecule has 1 saturated heterocycles. The number of carbonyl (C=O) groups excluding carboxylic acids is 1. The number of benzene rings is 1. The quantitative estimate of drug-likeness (QED) is 0.542. The predicted molar refractivity (Wildman–Crippen MR) is 138 cm³/mol. The Labute approximate surface area is 207 Å². The molecule has 0 unspecified atom stereocenters. The second kappa shape index (κ2) is 10.1. The Balaban J connectivity index is 1.48. The van der Waals surface area contributed by atoms with Crippen LogP contribution in [0, 0.1) is 5.92 Å². The molecule has 2 radical (unpaired) electrons. The number of carbonyl (C=O) groups is 1. The van der Waals surface area contributed by atoms with Crippen molar-refractivity contribution in [1.29, 1.82) is 0 Å². The van der Waals surface area contributed by atoms with Crippen LogP contribution in [0.5, 0.6) is 5.75 Å². The molecule has 0 aliphatic carbocycles. The summed E-state index contributed by atoms with van der Waals surface area (Å²) in [7, 11) is 7.66. The van der Waals surface area contributed by atoms with Gasteiger partial charge in [0, 0.05) is 31.3 Å². The molecule has 1 N–H and O–H groups in total. The van der Waals surface area contributed by atoms with Crippen LogP contribution in [-0.4, -0.2) is 65.8 Å². The topological polar surface area (TPSA) is 94.4 Å². The van der Waals surface area contributed by atoms with Gasteiger partial charge in [-0.15, -0.1) is 0 Å². The molecule has 3 heterocycles. The third-order valence-corrected chi connectivity index (χ3v) is 6.21. The molecule has 0 bridgehead atoms. The second-order valence-corrected chi connectivity index (χ2v) is 9.83.